The topological polar surface area (TPSA) is 65.7 Å². The highest BCUT2D eigenvalue weighted by molar-refractivity contribution is 6.21. The van der Waals surface area contributed by atoms with Crippen LogP contribution in [0.25, 0.3) is 11.0 Å². The highest BCUT2D eigenvalue weighted by atomic mass is 35.5. The molecule has 0 fully saturated rings. The number of hydrogen-bond acceptors (Lipinski definition) is 2. The predicted octanol–water partition coefficient (Wildman–Crippen LogP) is 2.69. The maximum Gasteiger partial charge on any atom is 0.455 e. The van der Waals surface area contributed by atoms with Gasteiger partial charge in [0.05, 0.1) is 11.0 Å². The van der Waals surface area contributed by atoms with E-state index in [1.807, 2.05) is 0 Å². The SMILES string of the molecule is O=c1[nH]c2ccc(C(Cl)C(F)(F)C(F)(F)F)cc2[nH]c1=O. The van der Waals surface area contributed by atoms with E-state index in [4.69, 9.17) is 11.6 Å². The molecule has 0 bridgehead atoms. The fraction of sp³-hybridized carbons (Fsp3) is 0.273. The van der Waals surface area contributed by atoms with Crippen LogP contribution in [0.15, 0.2) is 27.8 Å². The van der Waals surface area contributed by atoms with Crippen molar-refractivity contribution in [2.24, 2.45) is 0 Å². The van der Waals surface area contributed by atoms with Gasteiger partial charge in [-0.1, -0.05) is 6.07 Å². The standard InChI is InChI=1S/C11H6ClF5N2O2/c12-7(10(13,14)11(15,16)17)4-1-2-5-6(3-4)19-9(21)8(20)18-5/h1-3,7H,(H,18,20)(H,19,21). The van der Waals surface area contributed by atoms with Crippen LogP contribution in [0, 0.1) is 0 Å². The molecule has 1 aromatic heterocycles. The third kappa shape index (κ3) is 2.65. The van der Waals surface area contributed by atoms with E-state index in [1.54, 1.807) is 0 Å². The Morgan fingerprint density at radius 1 is 0.952 bits per heavy atom. The number of hydrogen-bond donors (Lipinski definition) is 2. The van der Waals surface area contributed by atoms with Gasteiger partial charge in [0.1, 0.15) is 5.38 Å². The maximum absolute atomic E-state index is 13.2. The molecule has 0 saturated carbocycles. The molecule has 0 amide bonds. The fourth-order valence-electron chi connectivity index (χ4n) is 1.64. The minimum atomic E-state index is -5.81. The highest BCUT2D eigenvalue weighted by Gasteiger charge is 2.62. The van der Waals surface area contributed by atoms with E-state index in [-0.39, 0.29) is 11.0 Å². The van der Waals surface area contributed by atoms with Gasteiger partial charge in [-0.2, -0.15) is 22.0 Å². The lowest BCUT2D eigenvalue weighted by molar-refractivity contribution is -0.283. The summed E-state index contributed by atoms with van der Waals surface area (Å²) >= 11 is 5.22. The lowest BCUT2D eigenvalue weighted by Gasteiger charge is -2.24. The van der Waals surface area contributed by atoms with Gasteiger partial charge in [-0.25, -0.2) is 0 Å². The van der Waals surface area contributed by atoms with Gasteiger partial charge < -0.3 is 9.97 Å². The summed E-state index contributed by atoms with van der Waals surface area (Å²) in [6.07, 6.45) is -5.81. The molecule has 1 heterocycles. The Bertz CT molecular complexity index is 796. The molecular weight excluding hydrogens is 323 g/mol. The number of fused-ring (bicyclic) bond motifs is 1. The lowest BCUT2D eigenvalue weighted by Crippen LogP contribution is -2.40. The Kier molecular flexibility index (Phi) is 3.56. The molecular formula is C11H6ClF5N2O2. The number of aromatic amines is 2. The van der Waals surface area contributed by atoms with E-state index in [0.29, 0.717) is 0 Å². The molecule has 21 heavy (non-hydrogen) atoms. The smallest absolute Gasteiger partial charge is 0.316 e. The minimum Gasteiger partial charge on any atom is -0.316 e. The van der Waals surface area contributed by atoms with Crippen LogP contribution in [0.3, 0.4) is 0 Å². The van der Waals surface area contributed by atoms with Gasteiger partial charge in [-0.3, -0.25) is 9.59 Å². The van der Waals surface area contributed by atoms with E-state index < -0.39 is 34.2 Å². The number of H-pyrrole nitrogens is 2. The lowest BCUT2D eigenvalue weighted by atomic mass is 10.1. The van der Waals surface area contributed by atoms with Crippen molar-refractivity contribution < 1.29 is 22.0 Å². The Balaban J connectivity index is 2.55. The first-order chi connectivity index (χ1) is 9.54. The summed E-state index contributed by atoms with van der Waals surface area (Å²) in [6.45, 7) is 0. The van der Waals surface area contributed by atoms with Gasteiger partial charge in [0.25, 0.3) is 0 Å². The zero-order valence-electron chi connectivity index (χ0n) is 9.89. The summed E-state index contributed by atoms with van der Waals surface area (Å²) in [5.74, 6) is -5.15. The highest BCUT2D eigenvalue weighted by Crippen LogP contribution is 2.47. The Morgan fingerprint density at radius 2 is 1.48 bits per heavy atom. The zero-order chi connectivity index (χ0) is 16.0. The van der Waals surface area contributed by atoms with Crippen LogP contribution in [-0.4, -0.2) is 22.1 Å². The van der Waals surface area contributed by atoms with Crippen molar-refractivity contribution in [2.75, 3.05) is 0 Å². The van der Waals surface area contributed by atoms with E-state index in [0.717, 1.165) is 18.2 Å². The Morgan fingerprint density at radius 3 is 2.00 bits per heavy atom. The summed E-state index contributed by atoms with van der Waals surface area (Å²) in [4.78, 5) is 26.4. The minimum absolute atomic E-state index is 0.0718. The van der Waals surface area contributed by atoms with Gasteiger partial charge in [-0.15, -0.1) is 11.6 Å². The molecule has 2 N–H and O–H groups in total. The van der Waals surface area contributed by atoms with Crippen molar-refractivity contribution in [1.82, 2.24) is 9.97 Å². The zero-order valence-corrected chi connectivity index (χ0v) is 10.6. The van der Waals surface area contributed by atoms with Crippen LogP contribution in [0.4, 0.5) is 22.0 Å². The second-order valence-electron chi connectivity index (χ2n) is 4.20. The first kappa shape index (κ1) is 15.5. The van der Waals surface area contributed by atoms with Crippen molar-refractivity contribution in [2.45, 2.75) is 17.5 Å². The fourth-order valence-corrected chi connectivity index (χ4v) is 1.90. The van der Waals surface area contributed by atoms with Gasteiger partial charge in [0.15, 0.2) is 0 Å². The molecule has 0 spiro atoms. The second kappa shape index (κ2) is 4.83. The predicted molar refractivity (Wildman–Crippen MR) is 64.8 cm³/mol. The van der Waals surface area contributed by atoms with Crippen molar-refractivity contribution >= 4 is 22.6 Å². The number of benzene rings is 1. The molecule has 1 atom stereocenters. The van der Waals surface area contributed by atoms with E-state index in [2.05, 4.69) is 9.97 Å². The number of aromatic nitrogens is 2. The first-order valence-corrected chi connectivity index (χ1v) is 5.82. The molecule has 0 radical (unpaired) electrons. The first-order valence-electron chi connectivity index (χ1n) is 5.39. The third-order valence-electron chi connectivity index (χ3n) is 2.74. The van der Waals surface area contributed by atoms with E-state index >= 15 is 0 Å². The van der Waals surface area contributed by atoms with Gasteiger partial charge in [0.2, 0.25) is 0 Å². The maximum atomic E-state index is 13.2. The third-order valence-corrected chi connectivity index (χ3v) is 3.26. The largest absolute Gasteiger partial charge is 0.455 e. The molecule has 10 heteroatoms. The average molecular weight is 329 g/mol. The summed E-state index contributed by atoms with van der Waals surface area (Å²) in [5, 5.41) is -2.67. The monoisotopic (exact) mass is 328 g/mol. The quantitative estimate of drug-likeness (QED) is 0.506. The van der Waals surface area contributed by atoms with E-state index in [9.17, 15) is 31.5 Å². The number of alkyl halides is 6. The molecule has 2 aromatic rings. The number of nitrogens with one attached hydrogen (secondary N) is 2. The second-order valence-corrected chi connectivity index (χ2v) is 4.63. The summed E-state index contributed by atoms with van der Waals surface area (Å²) in [5.41, 5.74) is -2.62. The van der Waals surface area contributed by atoms with Crippen LogP contribution in [0.1, 0.15) is 10.9 Å². The molecule has 0 aliphatic heterocycles. The summed E-state index contributed by atoms with van der Waals surface area (Å²) in [6, 6.07) is 2.84. The Labute approximate surface area is 117 Å². The van der Waals surface area contributed by atoms with Gasteiger partial charge in [-0.05, 0) is 17.7 Å². The van der Waals surface area contributed by atoms with Gasteiger partial charge in [0, 0.05) is 0 Å². The van der Waals surface area contributed by atoms with Crippen molar-refractivity contribution in [3.8, 4) is 0 Å². The average Bonchev–Trinajstić information content (AvgIpc) is 2.37. The molecule has 0 aliphatic rings. The van der Waals surface area contributed by atoms with E-state index in [1.165, 1.54) is 0 Å². The van der Waals surface area contributed by atoms with Crippen LogP contribution in [0.2, 0.25) is 0 Å². The van der Waals surface area contributed by atoms with Crippen molar-refractivity contribution in [3.63, 3.8) is 0 Å². The molecule has 0 saturated heterocycles. The number of rotatable bonds is 2. The molecule has 1 aromatic carbocycles. The van der Waals surface area contributed by atoms with Crippen LogP contribution < -0.4 is 11.1 Å². The number of halogens is 6. The van der Waals surface area contributed by atoms with Gasteiger partial charge >= 0.3 is 23.2 Å². The molecule has 0 aliphatic carbocycles. The molecule has 4 nitrogen and oxygen atoms in total. The summed E-state index contributed by atoms with van der Waals surface area (Å²) < 4.78 is 63.1. The molecule has 2 rings (SSSR count). The molecule has 1 unspecified atom stereocenters. The van der Waals surface area contributed by atoms with Crippen LogP contribution >= 0.6 is 11.6 Å². The Hall–Kier alpha value is -1.90. The summed E-state index contributed by atoms with van der Waals surface area (Å²) in [7, 11) is 0. The van der Waals surface area contributed by atoms with Crippen molar-refractivity contribution in [3.05, 3.63) is 44.5 Å². The van der Waals surface area contributed by atoms with Crippen LogP contribution in [0.5, 0.6) is 0 Å². The van der Waals surface area contributed by atoms with Crippen LogP contribution in [-0.2, 0) is 0 Å². The molecule has 114 valence electrons. The van der Waals surface area contributed by atoms with Crippen molar-refractivity contribution in [1.29, 1.82) is 0 Å². The normalized spacial score (nSPS) is 14.4.